The molecule has 0 bridgehead atoms. The summed E-state index contributed by atoms with van der Waals surface area (Å²) in [5.41, 5.74) is 2.25. The van der Waals surface area contributed by atoms with E-state index in [9.17, 15) is 14.4 Å². The lowest BCUT2D eigenvalue weighted by Crippen LogP contribution is -2.10. The molecular weight excluding hydrogens is 376 g/mol. The van der Waals surface area contributed by atoms with Crippen molar-refractivity contribution in [1.82, 2.24) is 0 Å². The number of carbonyl (C=O) groups is 3. The Morgan fingerprint density at radius 1 is 0.857 bits per heavy atom. The average molecular weight is 394 g/mol. The fourth-order valence-electron chi connectivity index (χ4n) is 2.81. The Hall–Kier alpha value is -3.25. The van der Waals surface area contributed by atoms with Crippen LogP contribution in [0.15, 0.2) is 53.9 Å². The normalized spacial score (nSPS) is 10.4. The maximum atomic E-state index is 13.1. The molecule has 28 heavy (non-hydrogen) atoms. The smallest absolute Gasteiger partial charge is 0.308 e. The summed E-state index contributed by atoms with van der Waals surface area (Å²) in [4.78, 5) is 36.8. The summed E-state index contributed by atoms with van der Waals surface area (Å²) in [6, 6.07) is 13.9. The van der Waals surface area contributed by atoms with Crippen molar-refractivity contribution in [2.24, 2.45) is 0 Å². The van der Waals surface area contributed by atoms with Gasteiger partial charge < -0.3 is 9.47 Å². The summed E-state index contributed by atoms with van der Waals surface area (Å²) in [6.45, 7) is 4.37. The first kappa shape index (κ1) is 19.5. The Bertz CT molecular complexity index is 1050. The maximum Gasteiger partial charge on any atom is 0.308 e. The summed E-state index contributed by atoms with van der Waals surface area (Å²) < 4.78 is 10.4. The zero-order chi connectivity index (χ0) is 20.3. The molecule has 0 saturated carbocycles. The second kappa shape index (κ2) is 8.19. The van der Waals surface area contributed by atoms with Gasteiger partial charge in [-0.15, -0.1) is 11.3 Å². The molecule has 0 spiro atoms. The van der Waals surface area contributed by atoms with E-state index >= 15 is 0 Å². The zero-order valence-electron chi connectivity index (χ0n) is 15.6. The number of thiophene rings is 1. The fraction of sp³-hybridized carbons (Fsp3) is 0.136. The average Bonchev–Trinajstić information content (AvgIpc) is 3.15. The summed E-state index contributed by atoms with van der Waals surface area (Å²) in [6.07, 6.45) is 0. The molecular formula is C22H18O5S. The molecule has 0 aliphatic heterocycles. The number of benzene rings is 2. The second-order valence-electron chi connectivity index (χ2n) is 6.18. The molecule has 0 aliphatic rings. The van der Waals surface area contributed by atoms with E-state index in [-0.39, 0.29) is 11.5 Å². The molecule has 5 nitrogen and oxygen atoms in total. The summed E-state index contributed by atoms with van der Waals surface area (Å²) in [5, 5.41) is 1.95. The molecule has 3 rings (SSSR count). The molecule has 0 atom stereocenters. The second-order valence-corrected chi connectivity index (χ2v) is 7.13. The largest absolute Gasteiger partial charge is 0.427 e. The predicted molar refractivity (Wildman–Crippen MR) is 107 cm³/mol. The maximum absolute atomic E-state index is 13.1. The van der Waals surface area contributed by atoms with Crippen LogP contribution in [0.3, 0.4) is 0 Å². The Labute approximate surface area is 166 Å². The Balaban J connectivity index is 2.01. The number of ketones is 1. The molecule has 3 aromatic rings. The summed E-state index contributed by atoms with van der Waals surface area (Å²) in [7, 11) is 0. The quantitative estimate of drug-likeness (QED) is 0.353. The highest BCUT2D eigenvalue weighted by molar-refractivity contribution is 7.13. The first-order valence-corrected chi connectivity index (χ1v) is 9.43. The molecule has 1 heterocycles. The lowest BCUT2D eigenvalue weighted by atomic mass is 9.97. The SMILES string of the molecule is CC(=O)Oc1ccc(C(=O)c2ccc(-c3cccs3)cc2OC(C)=O)c(C)c1. The minimum atomic E-state index is -0.501. The monoisotopic (exact) mass is 394 g/mol. The van der Waals surface area contributed by atoms with Crippen LogP contribution in [0.4, 0.5) is 0 Å². The van der Waals surface area contributed by atoms with Crippen molar-refractivity contribution >= 4 is 29.1 Å². The van der Waals surface area contributed by atoms with Crippen LogP contribution in [-0.2, 0) is 9.59 Å². The number of carbonyl (C=O) groups excluding carboxylic acids is 3. The molecule has 1 aromatic heterocycles. The van der Waals surface area contributed by atoms with Crippen LogP contribution in [0.2, 0.25) is 0 Å². The van der Waals surface area contributed by atoms with Gasteiger partial charge in [0.1, 0.15) is 11.5 Å². The van der Waals surface area contributed by atoms with Crippen molar-refractivity contribution in [2.45, 2.75) is 20.8 Å². The molecule has 0 saturated heterocycles. The van der Waals surface area contributed by atoms with Gasteiger partial charge >= 0.3 is 11.9 Å². The van der Waals surface area contributed by atoms with Crippen molar-refractivity contribution in [2.75, 3.05) is 0 Å². The minimum Gasteiger partial charge on any atom is -0.427 e. The Morgan fingerprint density at radius 3 is 2.18 bits per heavy atom. The third-order valence-electron chi connectivity index (χ3n) is 3.99. The Kier molecular flexibility index (Phi) is 5.70. The van der Waals surface area contributed by atoms with Crippen molar-refractivity contribution in [3.63, 3.8) is 0 Å². The van der Waals surface area contributed by atoms with E-state index < -0.39 is 11.9 Å². The van der Waals surface area contributed by atoms with Crippen LogP contribution in [0, 0.1) is 6.92 Å². The number of aryl methyl sites for hydroxylation is 1. The van der Waals surface area contributed by atoms with Crippen molar-refractivity contribution in [3.8, 4) is 21.9 Å². The van der Waals surface area contributed by atoms with Gasteiger partial charge in [-0.2, -0.15) is 0 Å². The van der Waals surface area contributed by atoms with Gasteiger partial charge in [0.05, 0.1) is 5.56 Å². The number of hydrogen-bond donors (Lipinski definition) is 0. The Morgan fingerprint density at radius 2 is 1.57 bits per heavy atom. The molecule has 142 valence electrons. The van der Waals surface area contributed by atoms with Crippen LogP contribution in [0.5, 0.6) is 11.5 Å². The predicted octanol–water partition coefficient (Wildman–Crippen LogP) is 4.81. The van der Waals surface area contributed by atoms with Gasteiger partial charge in [-0.05, 0) is 59.8 Å². The molecule has 2 aromatic carbocycles. The molecule has 0 fully saturated rings. The minimum absolute atomic E-state index is 0.215. The topological polar surface area (TPSA) is 69.7 Å². The number of esters is 2. The number of ether oxygens (including phenoxy) is 2. The zero-order valence-corrected chi connectivity index (χ0v) is 16.5. The number of rotatable bonds is 5. The standard InChI is InChI=1S/C22H18O5S/c1-13-11-17(26-14(2)23)7-9-18(13)22(25)19-8-6-16(21-5-4-10-28-21)12-20(19)27-15(3)24/h4-12H,1-3H3. The van der Waals surface area contributed by atoms with Gasteiger partial charge in [-0.3, -0.25) is 14.4 Å². The molecule has 6 heteroatoms. The fourth-order valence-corrected chi connectivity index (χ4v) is 3.53. The van der Waals surface area contributed by atoms with Crippen molar-refractivity contribution in [3.05, 3.63) is 70.6 Å². The first-order chi connectivity index (χ1) is 13.3. The van der Waals surface area contributed by atoms with Crippen LogP contribution in [0.25, 0.3) is 10.4 Å². The molecule has 0 unspecified atom stereocenters. The number of hydrogen-bond acceptors (Lipinski definition) is 6. The van der Waals surface area contributed by atoms with Crippen LogP contribution < -0.4 is 9.47 Å². The molecule has 0 N–H and O–H groups in total. The van der Waals surface area contributed by atoms with Gasteiger partial charge in [0.25, 0.3) is 0 Å². The third kappa shape index (κ3) is 4.35. The van der Waals surface area contributed by atoms with Crippen LogP contribution >= 0.6 is 11.3 Å². The molecule has 0 amide bonds. The van der Waals surface area contributed by atoms with Gasteiger partial charge in [-0.1, -0.05) is 12.1 Å². The van der Waals surface area contributed by atoms with Crippen LogP contribution in [-0.4, -0.2) is 17.7 Å². The van der Waals surface area contributed by atoms with Crippen molar-refractivity contribution < 1.29 is 23.9 Å². The highest BCUT2D eigenvalue weighted by Gasteiger charge is 2.19. The van der Waals surface area contributed by atoms with E-state index in [0.29, 0.717) is 22.4 Å². The van der Waals surface area contributed by atoms with E-state index in [1.807, 2.05) is 23.6 Å². The summed E-state index contributed by atoms with van der Waals surface area (Å²) in [5.74, 6) is -0.624. The first-order valence-electron chi connectivity index (χ1n) is 8.55. The van der Waals surface area contributed by atoms with Gasteiger partial charge in [0, 0.05) is 24.3 Å². The van der Waals surface area contributed by atoms with E-state index in [1.54, 1.807) is 48.6 Å². The lowest BCUT2D eigenvalue weighted by Gasteiger charge is -2.12. The van der Waals surface area contributed by atoms with Gasteiger partial charge in [0.15, 0.2) is 5.78 Å². The van der Waals surface area contributed by atoms with Crippen LogP contribution in [0.1, 0.15) is 35.3 Å². The van der Waals surface area contributed by atoms with Crippen molar-refractivity contribution in [1.29, 1.82) is 0 Å². The van der Waals surface area contributed by atoms with Gasteiger partial charge in [-0.25, -0.2) is 0 Å². The lowest BCUT2D eigenvalue weighted by molar-refractivity contribution is -0.132. The highest BCUT2D eigenvalue weighted by Crippen LogP contribution is 2.32. The summed E-state index contributed by atoms with van der Waals surface area (Å²) >= 11 is 1.56. The van der Waals surface area contributed by atoms with E-state index in [4.69, 9.17) is 9.47 Å². The van der Waals surface area contributed by atoms with E-state index in [2.05, 4.69) is 0 Å². The molecule has 0 radical (unpaired) electrons. The third-order valence-corrected chi connectivity index (χ3v) is 4.91. The molecule has 0 aliphatic carbocycles. The van der Waals surface area contributed by atoms with Gasteiger partial charge in [0.2, 0.25) is 0 Å². The van der Waals surface area contributed by atoms with E-state index in [0.717, 1.165) is 10.4 Å². The van der Waals surface area contributed by atoms with E-state index in [1.165, 1.54) is 13.8 Å². The highest BCUT2D eigenvalue weighted by atomic mass is 32.1.